The number of carbonyl (C=O) groups excluding carboxylic acids is 1. The Labute approximate surface area is 157 Å². The molecule has 1 heterocycles. The smallest absolute Gasteiger partial charge is 0.234 e. The molecule has 1 aliphatic heterocycles. The Morgan fingerprint density at radius 3 is 2.31 bits per heavy atom. The zero-order valence-corrected chi connectivity index (χ0v) is 16.5. The Hall–Kier alpha value is -1.55. The Morgan fingerprint density at radius 2 is 1.69 bits per heavy atom. The van der Waals surface area contributed by atoms with E-state index in [-0.39, 0.29) is 16.9 Å². The molecule has 2 aliphatic carbocycles. The molecule has 0 aromatic heterocycles. The summed E-state index contributed by atoms with van der Waals surface area (Å²) in [7, 11) is 0. The van der Waals surface area contributed by atoms with Crippen LogP contribution in [0.15, 0.2) is 30.3 Å². The van der Waals surface area contributed by atoms with Crippen molar-refractivity contribution in [3.63, 3.8) is 0 Å². The van der Waals surface area contributed by atoms with E-state index >= 15 is 0 Å². The highest BCUT2D eigenvalue weighted by molar-refractivity contribution is 5.79. The molecule has 4 nitrogen and oxygen atoms in total. The van der Waals surface area contributed by atoms with Crippen LogP contribution in [0.25, 0.3) is 0 Å². The monoisotopic (exact) mass is 355 g/mol. The van der Waals surface area contributed by atoms with Crippen molar-refractivity contribution >= 4 is 11.6 Å². The van der Waals surface area contributed by atoms with E-state index in [2.05, 4.69) is 66.2 Å². The molecule has 1 saturated heterocycles. The van der Waals surface area contributed by atoms with Gasteiger partial charge in [0, 0.05) is 37.4 Å². The van der Waals surface area contributed by atoms with Crippen LogP contribution < -0.4 is 10.2 Å². The summed E-state index contributed by atoms with van der Waals surface area (Å²) in [6.07, 6.45) is 3.91. The summed E-state index contributed by atoms with van der Waals surface area (Å²) in [6, 6.07) is 10.6. The van der Waals surface area contributed by atoms with Gasteiger partial charge in [0.1, 0.15) is 0 Å². The van der Waals surface area contributed by atoms with Crippen LogP contribution in [0.1, 0.15) is 40.0 Å². The molecule has 2 saturated carbocycles. The molecule has 4 rings (SSSR count). The van der Waals surface area contributed by atoms with Gasteiger partial charge in [0.25, 0.3) is 0 Å². The van der Waals surface area contributed by atoms with Crippen LogP contribution >= 0.6 is 0 Å². The van der Waals surface area contributed by atoms with Gasteiger partial charge in [-0.1, -0.05) is 32.0 Å². The highest BCUT2D eigenvalue weighted by atomic mass is 16.2. The second-order valence-corrected chi connectivity index (χ2v) is 9.28. The number of rotatable bonds is 4. The number of hydrogen-bond acceptors (Lipinski definition) is 3. The topological polar surface area (TPSA) is 35.6 Å². The molecule has 1 aromatic rings. The standard InChI is InChI=1S/C22H33N3O/c1-21(2)17-9-10-18(15-17)22(21,3)23-20(26)16-24-11-13-25(14-12-24)19-7-5-4-6-8-19/h4-8,17-18H,9-16H2,1-3H3,(H,23,26)/t17-,18+,22-/m1/s1. The average Bonchev–Trinajstić information content (AvgIpc) is 3.19. The molecule has 0 radical (unpaired) electrons. The largest absolute Gasteiger partial charge is 0.369 e. The Bertz CT molecular complexity index is 651. The van der Waals surface area contributed by atoms with E-state index in [4.69, 9.17) is 0 Å². The van der Waals surface area contributed by atoms with Gasteiger partial charge in [-0.05, 0) is 55.6 Å². The maximum atomic E-state index is 12.8. The van der Waals surface area contributed by atoms with E-state index in [9.17, 15) is 4.79 Å². The van der Waals surface area contributed by atoms with Crippen molar-refractivity contribution in [2.24, 2.45) is 17.3 Å². The summed E-state index contributed by atoms with van der Waals surface area (Å²) in [6.45, 7) is 11.4. The number of amides is 1. The van der Waals surface area contributed by atoms with Crippen LogP contribution in [0.5, 0.6) is 0 Å². The maximum absolute atomic E-state index is 12.8. The van der Waals surface area contributed by atoms with Gasteiger partial charge in [0.05, 0.1) is 6.54 Å². The first-order valence-corrected chi connectivity index (χ1v) is 10.2. The number of piperazine rings is 1. The number of fused-ring (bicyclic) bond motifs is 2. The first-order chi connectivity index (χ1) is 12.4. The van der Waals surface area contributed by atoms with E-state index in [1.807, 2.05) is 0 Å². The normalized spacial score (nSPS) is 33.4. The lowest BCUT2D eigenvalue weighted by atomic mass is 9.64. The number of nitrogens with zero attached hydrogens (tertiary/aromatic N) is 2. The summed E-state index contributed by atoms with van der Waals surface area (Å²) >= 11 is 0. The van der Waals surface area contributed by atoms with Crippen molar-refractivity contribution in [2.75, 3.05) is 37.6 Å². The summed E-state index contributed by atoms with van der Waals surface area (Å²) in [5, 5.41) is 3.47. The van der Waals surface area contributed by atoms with Gasteiger partial charge in [0.2, 0.25) is 5.91 Å². The molecule has 1 aromatic carbocycles. The summed E-state index contributed by atoms with van der Waals surface area (Å²) < 4.78 is 0. The quantitative estimate of drug-likeness (QED) is 0.901. The molecule has 1 N–H and O–H groups in total. The van der Waals surface area contributed by atoms with Gasteiger partial charge in [-0.3, -0.25) is 9.69 Å². The second kappa shape index (κ2) is 6.56. The Balaban J connectivity index is 1.31. The average molecular weight is 356 g/mol. The lowest BCUT2D eigenvalue weighted by Gasteiger charge is -2.48. The minimum atomic E-state index is -0.0428. The number of anilines is 1. The fourth-order valence-corrected chi connectivity index (χ4v) is 5.71. The molecule has 3 aliphatic rings. The van der Waals surface area contributed by atoms with E-state index in [0.29, 0.717) is 12.5 Å². The first-order valence-electron chi connectivity index (χ1n) is 10.2. The second-order valence-electron chi connectivity index (χ2n) is 9.28. The lowest BCUT2D eigenvalue weighted by Crippen LogP contribution is -2.61. The molecule has 0 unspecified atom stereocenters. The van der Waals surface area contributed by atoms with Gasteiger partial charge in [-0.2, -0.15) is 0 Å². The van der Waals surface area contributed by atoms with Crippen molar-refractivity contribution in [1.82, 2.24) is 10.2 Å². The van der Waals surface area contributed by atoms with Crippen molar-refractivity contribution in [3.05, 3.63) is 30.3 Å². The Kier molecular flexibility index (Phi) is 4.50. The molecule has 26 heavy (non-hydrogen) atoms. The van der Waals surface area contributed by atoms with Crippen molar-refractivity contribution in [2.45, 2.75) is 45.6 Å². The van der Waals surface area contributed by atoms with Crippen LogP contribution in [0.2, 0.25) is 0 Å². The predicted molar refractivity (Wildman–Crippen MR) is 106 cm³/mol. The van der Waals surface area contributed by atoms with Crippen molar-refractivity contribution in [1.29, 1.82) is 0 Å². The maximum Gasteiger partial charge on any atom is 0.234 e. The number of para-hydroxylation sites is 1. The van der Waals surface area contributed by atoms with Crippen LogP contribution in [-0.4, -0.2) is 49.1 Å². The molecule has 1 amide bonds. The minimum absolute atomic E-state index is 0.0428. The van der Waals surface area contributed by atoms with Crippen LogP contribution in [0, 0.1) is 17.3 Å². The van der Waals surface area contributed by atoms with E-state index in [1.165, 1.54) is 24.9 Å². The molecular weight excluding hydrogens is 322 g/mol. The van der Waals surface area contributed by atoms with Gasteiger partial charge >= 0.3 is 0 Å². The van der Waals surface area contributed by atoms with Crippen LogP contribution in [0.3, 0.4) is 0 Å². The third-order valence-electron chi connectivity index (χ3n) is 7.87. The summed E-state index contributed by atoms with van der Waals surface area (Å²) in [4.78, 5) is 17.5. The van der Waals surface area contributed by atoms with Crippen molar-refractivity contribution < 1.29 is 4.79 Å². The first kappa shape index (κ1) is 17.8. The summed E-state index contributed by atoms with van der Waals surface area (Å²) in [5.74, 6) is 1.63. The van der Waals surface area contributed by atoms with E-state index in [1.54, 1.807) is 0 Å². The van der Waals surface area contributed by atoms with E-state index in [0.717, 1.165) is 32.1 Å². The molecule has 0 spiro atoms. The molecule has 4 heteroatoms. The highest BCUT2D eigenvalue weighted by Crippen LogP contribution is 2.61. The van der Waals surface area contributed by atoms with Gasteiger partial charge < -0.3 is 10.2 Å². The predicted octanol–water partition coefficient (Wildman–Crippen LogP) is 3.14. The van der Waals surface area contributed by atoms with Gasteiger partial charge in [-0.15, -0.1) is 0 Å². The van der Waals surface area contributed by atoms with E-state index < -0.39 is 0 Å². The zero-order chi connectivity index (χ0) is 18.4. The number of carbonyl (C=O) groups is 1. The molecule has 3 fully saturated rings. The van der Waals surface area contributed by atoms with Crippen LogP contribution in [0.4, 0.5) is 5.69 Å². The fraction of sp³-hybridized carbons (Fsp3) is 0.682. The number of hydrogen-bond donors (Lipinski definition) is 1. The fourth-order valence-electron chi connectivity index (χ4n) is 5.71. The third kappa shape index (κ3) is 2.92. The van der Waals surface area contributed by atoms with Crippen molar-refractivity contribution in [3.8, 4) is 0 Å². The Morgan fingerprint density at radius 1 is 1.04 bits per heavy atom. The lowest BCUT2D eigenvalue weighted by molar-refractivity contribution is -0.126. The molecular formula is C22H33N3O. The number of benzene rings is 1. The SMILES string of the molecule is CC1(C)[C@@H]2CC[C@@H](C2)[C@@]1(C)NC(=O)CN1CCN(c2ccccc2)CC1. The highest BCUT2D eigenvalue weighted by Gasteiger charge is 2.60. The summed E-state index contributed by atoms with van der Waals surface area (Å²) in [5.41, 5.74) is 1.45. The van der Waals surface area contributed by atoms with Gasteiger partial charge in [0.15, 0.2) is 0 Å². The zero-order valence-electron chi connectivity index (χ0n) is 16.5. The van der Waals surface area contributed by atoms with Gasteiger partial charge in [-0.25, -0.2) is 0 Å². The molecule has 3 atom stereocenters. The minimum Gasteiger partial charge on any atom is -0.369 e. The molecule has 2 bridgehead atoms. The number of nitrogens with one attached hydrogen (secondary N) is 1. The molecule has 142 valence electrons. The third-order valence-corrected chi connectivity index (χ3v) is 7.87. The van der Waals surface area contributed by atoms with Crippen LogP contribution in [-0.2, 0) is 4.79 Å².